The van der Waals surface area contributed by atoms with Gasteiger partial charge in [-0.25, -0.2) is 0 Å². The molecule has 0 aliphatic carbocycles. The number of halogens is 3. The van der Waals surface area contributed by atoms with E-state index in [-0.39, 0.29) is 11.4 Å². The maximum Gasteiger partial charge on any atom is 0.416 e. The number of aromatic hydroxyl groups is 1. The molecule has 5 nitrogen and oxygen atoms in total. The highest BCUT2D eigenvalue weighted by atomic mass is 19.4. The van der Waals surface area contributed by atoms with Crippen molar-refractivity contribution in [3.05, 3.63) is 58.1 Å². The van der Waals surface area contributed by atoms with E-state index >= 15 is 0 Å². The first-order chi connectivity index (χ1) is 9.77. The second-order valence-electron chi connectivity index (χ2n) is 4.16. The second-order valence-corrected chi connectivity index (χ2v) is 4.16. The van der Waals surface area contributed by atoms with E-state index < -0.39 is 22.4 Å². The van der Waals surface area contributed by atoms with Crippen LogP contribution in [0, 0.1) is 10.1 Å². The largest absolute Gasteiger partial charge is 0.508 e. The number of rotatable bonds is 3. The van der Waals surface area contributed by atoms with Crippen molar-refractivity contribution in [2.75, 3.05) is 5.32 Å². The Kier molecular flexibility index (Phi) is 3.70. The summed E-state index contributed by atoms with van der Waals surface area (Å²) in [5, 5.41) is 22.8. The molecule has 0 amide bonds. The molecule has 0 radical (unpaired) electrons. The average molecular weight is 298 g/mol. The average Bonchev–Trinajstić information content (AvgIpc) is 2.37. The molecule has 0 bridgehead atoms. The third-order valence-electron chi connectivity index (χ3n) is 2.65. The molecule has 0 aromatic heterocycles. The lowest BCUT2D eigenvalue weighted by molar-refractivity contribution is -0.384. The Morgan fingerprint density at radius 2 is 1.86 bits per heavy atom. The molecule has 0 heterocycles. The Labute approximate surface area is 116 Å². The number of hydrogen-bond donors (Lipinski definition) is 2. The number of nitrogens with one attached hydrogen (secondary N) is 1. The smallest absolute Gasteiger partial charge is 0.416 e. The van der Waals surface area contributed by atoms with Crippen LogP contribution in [0.5, 0.6) is 5.75 Å². The van der Waals surface area contributed by atoms with Gasteiger partial charge < -0.3 is 10.4 Å². The van der Waals surface area contributed by atoms with Crippen LogP contribution in [0.2, 0.25) is 0 Å². The van der Waals surface area contributed by atoms with E-state index in [1.165, 1.54) is 24.3 Å². The molecule has 0 fully saturated rings. The summed E-state index contributed by atoms with van der Waals surface area (Å²) in [5.41, 5.74) is -1.58. The SMILES string of the molecule is O=[N+]([O-])c1cc(C(F)(F)F)ccc1Nc1cccc(O)c1. The summed E-state index contributed by atoms with van der Waals surface area (Å²) in [6, 6.07) is 7.89. The highest BCUT2D eigenvalue weighted by molar-refractivity contribution is 5.70. The van der Waals surface area contributed by atoms with Gasteiger partial charge in [-0.2, -0.15) is 13.2 Å². The van der Waals surface area contributed by atoms with Gasteiger partial charge >= 0.3 is 6.18 Å². The normalized spacial score (nSPS) is 11.2. The van der Waals surface area contributed by atoms with E-state index in [1.807, 2.05) is 0 Å². The van der Waals surface area contributed by atoms with Gasteiger partial charge in [0.2, 0.25) is 0 Å². The van der Waals surface area contributed by atoms with Crippen molar-refractivity contribution in [1.29, 1.82) is 0 Å². The van der Waals surface area contributed by atoms with E-state index in [0.29, 0.717) is 11.8 Å². The van der Waals surface area contributed by atoms with E-state index in [2.05, 4.69) is 5.32 Å². The zero-order chi connectivity index (χ0) is 15.6. The van der Waals surface area contributed by atoms with Crippen molar-refractivity contribution >= 4 is 17.1 Å². The minimum absolute atomic E-state index is 0.0745. The first-order valence-electron chi connectivity index (χ1n) is 5.69. The fourth-order valence-corrected chi connectivity index (χ4v) is 1.70. The van der Waals surface area contributed by atoms with E-state index in [9.17, 15) is 28.4 Å². The highest BCUT2D eigenvalue weighted by Crippen LogP contribution is 2.36. The van der Waals surface area contributed by atoms with Crippen molar-refractivity contribution in [3.8, 4) is 5.75 Å². The van der Waals surface area contributed by atoms with Gasteiger partial charge in [0.05, 0.1) is 10.5 Å². The van der Waals surface area contributed by atoms with Gasteiger partial charge in [-0.05, 0) is 24.3 Å². The predicted octanol–water partition coefficient (Wildman–Crippen LogP) is 4.06. The number of nitro benzene ring substituents is 1. The maximum atomic E-state index is 12.6. The van der Waals surface area contributed by atoms with Crippen LogP contribution in [0.15, 0.2) is 42.5 Å². The van der Waals surface area contributed by atoms with Gasteiger partial charge in [0.25, 0.3) is 5.69 Å². The summed E-state index contributed by atoms with van der Waals surface area (Å²) in [5.74, 6) is -0.0745. The summed E-state index contributed by atoms with van der Waals surface area (Å²) < 4.78 is 37.7. The van der Waals surface area contributed by atoms with Crippen molar-refractivity contribution in [2.24, 2.45) is 0 Å². The van der Waals surface area contributed by atoms with Crippen LogP contribution in [0.1, 0.15) is 5.56 Å². The molecule has 0 aliphatic heterocycles. The first-order valence-corrected chi connectivity index (χ1v) is 5.69. The van der Waals surface area contributed by atoms with Crippen LogP contribution >= 0.6 is 0 Å². The van der Waals surface area contributed by atoms with Crippen LogP contribution in [0.4, 0.5) is 30.2 Å². The molecule has 8 heteroatoms. The third-order valence-corrected chi connectivity index (χ3v) is 2.65. The van der Waals surface area contributed by atoms with Crippen LogP contribution < -0.4 is 5.32 Å². The number of hydrogen-bond acceptors (Lipinski definition) is 4. The number of anilines is 2. The Bertz CT molecular complexity index is 687. The van der Waals surface area contributed by atoms with Crippen LogP contribution in [0.3, 0.4) is 0 Å². The predicted molar refractivity (Wildman–Crippen MR) is 69.5 cm³/mol. The zero-order valence-corrected chi connectivity index (χ0v) is 10.4. The minimum atomic E-state index is -4.66. The monoisotopic (exact) mass is 298 g/mol. The lowest BCUT2D eigenvalue weighted by Crippen LogP contribution is -2.06. The second kappa shape index (κ2) is 5.31. The molecule has 2 aromatic rings. The summed E-state index contributed by atoms with van der Waals surface area (Å²) in [4.78, 5) is 10.0. The van der Waals surface area contributed by atoms with Gasteiger partial charge in [-0.1, -0.05) is 6.07 Å². The van der Waals surface area contributed by atoms with Crippen LogP contribution in [-0.2, 0) is 6.18 Å². The molecule has 21 heavy (non-hydrogen) atoms. The van der Waals surface area contributed by atoms with E-state index in [1.54, 1.807) is 0 Å². The van der Waals surface area contributed by atoms with Gasteiger partial charge in [0.1, 0.15) is 11.4 Å². The third kappa shape index (κ3) is 3.41. The van der Waals surface area contributed by atoms with Crippen LogP contribution in [-0.4, -0.2) is 10.0 Å². The molecule has 110 valence electrons. The molecule has 0 spiro atoms. The topological polar surface area (TPSA) is 75.4 Å². The molecule has 0 saturated carbocycles. The standard InChI is InChI=1S/C13H9F3N2O3/c14-13(15,16)8-4-5-11(12(6-8)18(20)21)17-9-2-1-3-10(19)7-9/h1-7,17,19H. The quantitative estimate of drug-likeness (QED) is 0.661. The summed E-state index contributed by atoms with van der Waals surface area (Å²) in [7, 11) is 0. The molecule has 2 aromatic carbocycles. The molecular weight excluding hydrogens is 289 g/mol. The molecule has 0 aliphatic rings. The number of phenolic OH excluding ortho intramolecular Hbond substituents is 1. The van der Waals surface area contributed by atoms with Crippen LogP contribution in [0.25, 0.3) is 0 Å². The van der Waals surface area contributed by atoms with Gasteiger partial charge in [-0.15, -0.1) is 0 Å². The van der Waals surface area contributed by atoms with Crippen molar-refractivity contribution in [2.45, 2.75) is 6.18 Å². The molecule has 0 atom stereocenters. The van der Waals surface area contributed by atoms with Gasteiger partial charge in [0, 0.05) is 17.8 Å². The van der Waals surface area contributed by atoms with Crippen molar-refractivity contribution in [1.82, 2.24) is 0 Å². The van der Waals surface area contributed by atoms with Gasteiger partial charge in [-0.3, -0.25) is 10.1 Å². The molecular formula is C13H9F3N2O3. The highest BCUT2D eigenvalue weighted by Gasteiger charge is 2.33. The molecule has 0 unspecified atom stereocenters. The molecule has 0 saturated heterocycles. The van der Waals surface area contributed by atoms with E-state index in [4.69, 9.17) is 0 Å². The Hall–Kier alpha value is -2.77. The fourth-order valence-electron chi connectivity index (χ4n) is 1.70. The van der Waals surface area contributed by atoms with Crippen molar-refractivity contribution in [3.63, 3.8) is 0 Å². The summed E-state index contributed by atoms with van der Waals surface area (Å²) >= 11 is 0. The number of nitrogens with zero attached hydrogens (tertiary/aromatic N) is 1. The lowest BCUT2D eigenvalue weighted by atomic mass is 10.1. The minimum Gasteiger partial charge on any atom is -0.508 e. The number of benzene rings is 2. The molecule has 2 N–H and O–H groups in total. The van der Waals surface area contributed by atoms with Gasteiger partial charge in [0.15, 0.2) is 0 Å². The van der Waals surface area contributed by atoms with Crippen molar-refractivity contribution < 1.29 is 23.2 Å². The summed E-state index contributed by atoms with van der Waals surface area (Å²) in [6.07, 6.45) is -4.66. The number of alkyl halides is 3. The Balaban J connectivity index is 2.42. The lowest BCUT2D eigenvalue weighted by Gasteiger charge is -2.10. The Morgan fingerprint density at radius 3 is 2.43 bits per heavy atom. The molecule has 2 rings (SSSR count). The van der Waals surface area contributed by atoms with E-state index in [0.717, 1.165) is 12.1 Å². The fraction of sp³-hybridized carbons (Fsp3) is 0.0769. The number of nitro groups is 1. The first kappa shape index (κ1) is 14.6. The number of phenols is 1. The summed E-state index contributed by atoms with van der Waals surface area (Å²) in [6.45, 7) is 0. The Morgan fingerprint density at radius 1 is 1.14 bits per heavy atom. The zero-order valence-electron chi connectivity index (χ0n) is 10.4. The maximum absolute atomic E-state index is 12.6.